The average Bonchev–Trinajstić information content (AvgIpc) is 3.36. The molecule has 2 aromatic rings. The van der Waals surface area contributed by atoms with Crippen molar-refractivity contribution in [1.82, 2.24) is 9.21 Å². The van der Waals surface area contributed by atoms with Gasteiger partial charge in [0, 0.05) is 50.6 Å². The summed E-state index contributed by atoms with van der Waals surface area (Å²) >= 11 is 0. The first-order valence-electron chi connectivity index (χ1n) is 10.9. The Morgan fingerprint density at radius 3 is 2.22 bits per heavy atom. The van der Waals surface area contributed by atoms with Crippen LogP contribution in [0.15, 0.2) is 47.4 Å². The molecule has 2 aliphatic heterocycles. The summed E-state index contributed by atoms with van der Waals surface area (Å²) in [7, 11) is -0.0412. The number of anilines is 2. The van der Waals surface area contributed by atoms with E-state index in [0.29, 0.717) is 24.5 Å². The van der Waals surface area contributed by atoms with E-state index in [1.54, 1.807) is 0 Å². The van der Waals surface area contributed by atoms with E-state index in [2.05, 4.69) is 22.2 Å². The van der Waals surface area contributed by atoms with E-state index >= 15 is 0 Å². The van der Waals surface area contributed by atoms with E-state index in [1.165, 1.54) is 29.6 Å². The Hall–Kier alpha value is -2.62. The Labute approximate surface area is 189 Å². The standard InChI is InChI=1S/C23H30N4O4S/c1-25-13-15-26(16-14-25)19-7-5-18(6-8-19)24-23(28)21-17-20(9-10-22(21)31-2)32(29,30)27-11-3-4-12-27/h5-10,17H,3-4,11-16H2,1-2H3,(H,24,28). The summed E-state index contributed by atoms with van der Waals surface area (Å²) in [6, 6.07) is 12.1. The van der Waals surface area contributed by atoms with Crippen LogP contribution in [0.2, 0.25) is 0 Å². The predicted molar refractivity (Wildman–Crippen MR) is 125 cm³/mol. The first-order valence-corrected chi connectivity index (χ1v) is 12.4. The van der Waals surface area contributed by atoms with Crippen molar-refractivity contribution in [2.75, 3.05) is 63.6 Å². The minimum Gasteiger partial charge on any atom is -0.496 e. The lowest BCUT2D eigenvalue weighted by Gasteiger charge is -2.34. The van der Waals surface area contributed by atoms with Gasteiger partial charge in [0.05, 0.1) is 17.6 Å². The number of amides is 1. The number of carbonyl (C=O) groups is 1. The molecule has 1 N–H and O–H groups in total. The van der Waals surface area contributed by atoms with Gasteiger partial charge >= 0.3 is 0 Å². The van der Waals surface area contributed by atoms with Crippen molar-refractivity contribution in [2.45, 2.75) is 17.7 Å². The Morgan fingerprint density at radius 2 is 1.59 bits per heavy atom. The van der Waals surface area contributed by atoms with Gasteiger partial charge in [0.15, 0.2) is 0 Å². The maximum Gasteiger partial charge on any atom is 0.259 e. The number of carbonyl (C=O) groups excluding carboxylic acids is 1. The first-order chi connectivity index (χ1) is 15.4. The van der Waals surface area contributed by atoms with Gasteiger partial charge in [-0.1, -0.05) is 0 Å². The van der Waals surface area contributed by atoms with Crippen LogP contribution in [0.5, 0.6) is 5.75 Å². The van der Waals surface area contributed by atoms with E-state index in [-0.39, 0.29) is 10.5 Å². The quantitative estimate of drug-likeness (QED) is 0.716. The molecule has 0 spiro atoms. The van der Waals surface area contributed by atoms with Gasteiger partial charge in [0.1, 0.15) is 5.75 Å². The Bertz CT molecular complexity index is 1060. The monoisotopic (exact) mass is 458 g/mol. The van der Waals surface area contributed by atoms with Crippen LogP contribution in [0.4, 0.5) is 11.4 Å². The SMILES string of the molecule is COc1ccc(S(=O)(=O)N2CCCC2)cc1C(=O)Nc1ccc(N2CCN(C)CC2)cc1. The molecule has 2 heterocycles. The fourth-order valence-corrected chi connectivity index (χ4v) is 5.67. The zero-order valence-electron chi connectivity index (χ0n) is 18.6. The van der Waals surface area contributed by atoms with Crippen LogP contribution in [0.3, 0.4) is 0 Å². The first kappa shape index (κ1) is 22.6. The minimum atomic E-state index is -3.63. The van der Waals surface area contributed by atoms with Gasteiger partial charge in [-0.05, 0) is 62.4 Å². The van der Waals surface area contributed by atoms with Gasteiger partial charge < -0.3 is 19.9 Å². The van der Waals surface area contributed by atoms with Gasteiger partial charge in [-0.3, -0.25) is 4.79 Å². The molecule has 0 unspecified atom stereocenters. The lowest BCUT2D eigenvalue weighted by Crippen LogP contribution is -2.44. The van der Waals surface area contributed by atoms with Crippen molar-refractivity contribution in [2.24, 2.45) is 0 Å². The molecule has 1 amide bonds. The van der Waals surface area contributed by atoms with Gasteiger partial charge in [0.2, 0.25) is 10.0 Å². The third kappa shape index (κ3) is 4.74. The second-order valence-corrected chi connectivity index (χ2v) is 10.2. The number of hydrogen-bond donors (Lipinski definition) is 1. The van der Waals surface area contributed by atoms with Crippen LogP contribution in [-0.4, -0.2) is 77.0 Å². The third-order valence-corrected chi connectivity index (χ3v) is 8.01. The second kappa shape index (κ2) is 9.48. The summed E-state index contributed by atoms with van der Waals surface area (Å²) < 4.78 is 32.6. The average molecular weight is 459 g/mol. The number of nitrogens with one attached hydrogen (secondary N) is 1. The van der Waals surface area contributed by atoms with E-state index in [1.807, 2.05) is 24.3 Å². The molecular formula is C23H30N4O4S. The zero-order chi connectivity index (χ0) is 22.7. The van der Waals surface area contributed by atoms with Gasteiger partial charge in [-0.15, -0.1) is 0 Å². The van der Waals surface area contributed by atoms with E-state index in [9.17, 15) is 13.2 Å². The largest absolute Gasteiger partial charge is 0.496 e. The lowest BCUT2D eigenvalue weighted by molar-refractivity contribution is 0.102. The summed E-state index contributed by atoms with van der Waals surface area (Å²) in [5, 5.41) is 2.86. The number of sulfonamides is 1. The number of likely N-dealkylation sites (N-methyl/N-ethyl adjacent to an activating group) is 1. The normalized spacial score (nSPS) is 18.0. The summed E-state index contributed by atoms with van der Waals surface area (Å²) in [5.41, 5.74) is 1.95. The number of ether oxygens (including phenoxy) is 1. The van der Waals surface area contributed by atoms with Crippen molar-refractivity contribution in [3.63, 3.8) is 0 Å². The molecular weight excluding hydrogens is 428 g/mol. The van der Waals surface area contributed by atoms with Gasteiger partial charge in [-0.25, -0.2) is 8.42 Å². The van der Waals surface area contributed by atoms with E-state index < -0.39 is 15.9 Å². The van der Waals surface area contributed by atoms with Gasteiger partial charge in [-0.2, -0.15) is 4.31 Å². The lowest BCUT2D eigenvalue weighted by atomic mass is 10.1. The topological polar surface area (TPSA) is 82.2 Å². The summed E-state index contributed by atoms with van der Waals surface area (Å²) in [5.74, 6) is -0.0791. The van der Waals surface area contributed by atoms with Crippen molar-refractivity contribution in [1.29, 1.82) is 0 Å². The number of rotatable bonds is 6. The molecule has 2 saturated heterocycles. The van der Waals surface area contributed by atoms with Crippen molar-refractivity contribution >= 4 is 27.3 Å². The molecule has 0 aromatic heterocycles. The number of methoxy groups -OCH3 is 1. The van der Waals surface area contributed by atoms with Crippen LogP contribution in [0.25, 0.3) is 0 Å². The highest BCUT2D eigenvalue weighted by Gasteiger charge is 2.28. The molecule has 8 nitrogen and oxygen atoms in total. The molecule has 2 aliphatic rings. The molecule has 32 heavy (non-hydrogen) atoms. The molecule has 0 radical (unpaired) electrons. The molecule has 0 saturated carbocycles. The Kier molecular flexibility index (Phi) is 6.68. The third-order valence-electron chi connectivity index (χ3n) is 6.11. The van der Waals surface area contributed by atoms with Crippen molar-refractivity contribution in [3.05, 3.63) is 48.0 Å². The second-order valence-electron chi connectivity index (χ2n) is 8.26. The molecule has 0 atom stereocenters. The fourth-order valence-electron chi connectivity index (χ4n) is 4.12. The highest BCUT2D eigenvalue weighted by Crippen LogP contribution is 2.27. The predicted octanol–water partition coefficient (Wildman–Crippen LogP) is 2.48. The number of nitrogens with zero attached hydrogens (tertiary/aromatic N) is 3. The van der Waals surface area contributed by atoms with Crippen LogP contribution >= 0.6 is 0 Å². The fraction of sp³-hybridized carbons (Fsp3) is 0.435. The molecule has 172 valence electrons. The summed E-state index contributed by atoms with van der Waals surface area (Å²) in [6.07, 6.45) is 1.71. The summed E-state index contributed by atoms with van der Waals surface area (Å²) in [4.78, 5) is 17.7. The van der Waals surface area contributed by atoms with E-state index in [0.717, 1.165) is 44.7 Å². The zero-order valence-corrected chi connectivity index (χ0v) is 19.4. The van der Waals surface area contributed by atoms with Crippen molar-refractivity contribution in [3.8, 4) is 5.75 Å². The molecule has 0 aliphatic carbocycles. The molecule has 9 heteroatoms. The van der Waals surface area contributed by atoms with Crippen LogP contribution in [0, 0.1) is 0 Å². The minimum absolute atomic E-state index is 0.107. The maximum absolute atomic E-state index is 13.0. The Balaban J connectivity index is 1.51. The smallest absolute Gasteiger partial charge is 0.259 e. The molecule has 0 bridgehead atoms. The number of piperazine rings is 1. The molecule has 4 rings (SSSR count). The van der Waals surface area contributed by atoms with E-state index in [4.69, 9.17) is 4.74 Å². The van der Waals surface area contributed by atoms with Crippen LogP contribution in [-0.2, 0) is 10.0 Å². The maximum atomic E-state index is 13.0. The van der Waals surface area contributed by atoms with Gasteiger partial charge in [0.25, 0.3) is 5.91 Å². The Morgan fingerprint density at radius 1 is 0.938 bits per heavy atom. The van der Waals surface area contributed by atoms with Crippen LogP contribution in [0.1, 0.15) is 23.2 Å². The van der Waals surface area contributed by atoms with Crippen LogP contribution < -0.4 is 15.0 Å². The molecule has 2 aromatic carbocycles. The molecule has 2 fully saturated rings. The highest BCUT2D eigenvalue weighted by atomic mass is 32.2. The number of hydrogen-bond acceptors (Lipinski definition) is 6. The number of benzene rings is 2. The summed E-state index contributed by atoms with van der Waals surface area (Å²) in [6.45, 7) is 5.00. The highest BCUT2D eigenvalue weighted by molar-refractivity contribution is 7.89. The van der Waals surface area contributed by atoms with Crippen molar-refractivity contribution < 1.29 is 17.9 Å².